The first-order valence-electron chi connectivity index (χ1n) is 3.96. The van der Waals surface area contributed by atoms with Gasteiger partial charge in [0.2, 0.25) is 0 Å². The van der Waals surface area contributed by atoms with Crippen molar-refractivity contribution in [3.63, 3.8) is 0 Å². The van der Waals surface area contributed by atoms with Gasteiger partial charge in [0.15, 0.2) is 11.6 Å². The van der Waals surface area contributed by atoms with Crippen molar-refractivity contribution in [1.82, 2.24) is 0 Å². The van der Waals surface area contributed by atoms with E-state index in [4.69, 9.17) is 0 Å². The Morgan fingerprint density at radius 3 is 2.31 bits per heavy atom. The highest BCUT2D eigenvalue weighted by molar-refractivity contribution is 9.10. The minimum Gasteiger partial charge on any atom is -0.294 e. The fourth-order valence-corrected chi connectivity index (χ4v) is 1.82. The van der Waals surface area contributed by atoms with Crippen LogP contribution in [0.25, 0.3) is 0 Å². The van der Waals surface area contributed by atoms with Gasteiger partial charge in [0.1, 0.15) is 0 Å². The summed E-state index contributed by atoms with van der Waals surface area (Å²) in [6.07, 6.45) is 0.0330. The molecule has 0 aromatic heterocycles. The van der Waals surface area contributed by atoms with Crippen molar-refractivity contribution in [3.05, 3.63) is 33.3 Å². The van der Waals surface area contributed by atoms with Gasteiger partial charge in [0.05, 0.1) is 6.42 Å². The molecule has 0 radical (unpaired) electrons. The Balaban J connectivity index is 2.72. The van der Waals surface area contributed by atoms with Crippen LogP contribution in [0.5, 0.6) is 0 Å². The SMILES string of the molecule is Cc1cc2c(cc1Br)C(=O)CC2=O. The van der Waals surface area contributed by atoms with Crippen LogP contribution in [-0.4, -0.2) is 11.6 Å². The second-order valence-corrected chi connectivity index (χ2v) is 4.02. The Bertz CT molecular complexity index is 382. The van der Waals surface area contributed by atoms with Crippen molar-refractivity contribution in [2.24, 2.45) is 0 Å². The van der Waals surface area contributed by atoms with Gasteiger partial charge in [-0.3, -0.25) is 9.59 Å². The highest BCUT2D eigenvalue weighted by Gasteiger charge is 2.27. The lowest BCUT2D eigenvalue weighted by atomic mass is 10.1. The third-order valence-corrected chi connectivity index (χ3v) is 3.08. The summed E-state index contributed by atoms with van der Waals surface area (Å²) in [6.45, 7) is 1.90. The van der Waals surface area contributed by atoms with Crippen molar-refractivity contribution < 1.29 is 9.59 Å². The minimum absolute atomic E-state index is 0.0330. The first-order chi connectivity index (χ1) is 6.09. The molecule has 0 heterocycles. The number of fused-ring (bicyclic) bond motifs is 1. The fraction of sp³-hybridized carbons (Fsp3) is 0.200. The first-order valence-corrected chi connectivity index (χ1v) is 4.75. The molecule has 0 saturated heterocycles. The summed E-state index contributed by atoms with van der Waals surface area (Å²) in [4.78, 5) is 22.6. The largest absolute Gasteiger partial charge is 0.294 e. The van der Waals surface area contributed by atoms with Crippen molar-refractivity contribution in [3.8, 4) is 0 Å². The maximum absolute atomic E-state index is 11.3. The lowest BCUT2D eigenvalue weighted by molar-refractivity contribution is 0.0923. The van der Waals surface area contributed by atoms with Crippen molar-refractivity contribution in [2.45, 2.75) is 13.3 Å². The van der Waals surface area contributed by atoms with Crippen LogP contribution in [0, 0.1) is 6.92 Å². The van der Waals surface area contributed by atoms with E-state index in [-0.39, 0.29) is 18.0 Å². The van der Waals surface area contributed by atoms with Crippen LogP contribution < -0.4 is 0 Å². The molecule has 0 bridgehead atoms. The minimum atomic E-state index is -0.0688. The van der Waals surface area contributed by atoms with E-state index in [0.717, 1.165) is 10.0 Å². The van der Waals surface area contributed by atoms with Crippen molar-refractivity contribution in [2.75, 3.05) is 0 Å². The van der Waals surface area contributed by atoms with E-state index in [1.807, 2.05) is 6.92 Å². The number of halogens is 1. The van der Waals surface area contributed by atoms with Crippen molar-refractivity contribution in [1.29, 1.82) is 0 Å². The van der Waals surface area contributed by atoms with E-state index in [1.165, 1.54) is 0 Å². The van der Waals surface area contributed by atoms with Crippen LogP contribution in [0.15, 0.2) is 16.6 Å². The van der Waals surface area contributed by atoms with Crippen LogP contribution in [0.1, 0.15) is 32.7 Å². The molecule has 66 valence electrons. The maximum atomic E-state index is 11.3. The van der Waals surface area contributed by atoms with Gasteiger partial charge < -0.3 is 0 Å². The molecular weight excluding hydrogens is 232 g/mol. The first kappa shape index (κ1) is 8.63. The zero-order chi connectivity index (χ0) is 9.59. The molecule has 2 nitrogen and oxygen atoms in total. The third-order valence-electron chi connectivity index (χ3n) is 2.22. The van der Waals surface area contributed by atoms with Gasteiger partial charge in [-0.1, -0.05) is 15.9 Å². The smallest absolute Gasteiger partial charge is 0.171 e. The molecule has 1 aliphatic carbocycles. The molecule has 3 heteroatoms. The monoisotopic (exact) mass is 238 g/mol. The van der Waals surface area contributed by atoms with Crippen LogP contribution in [-0.2, 0) is 0 Å². The Morgan fingerprint density at radius 2 is 1.69 bits per heavy atom. The molecule has 1 aromatic carbocycles. The molecule has 0 amide bonds. The molecule has 1 aromatic rings. The second kappa shape index (κ2) is 2.77. The Labute approximate surface area is 84.1 Å². The van der Waals surface area contributed by atoms with Gasteiger partial charge in [0, 0.05) is 15.6 Å². The van der Waals surface area contributed by atoms with Gasteiger partial charge in [-0.2, -0.15) is 0 Å². The summed E-state index contributed by atoms with van der Waals surface area (Å²) in [7, 11) is 0. The topological polar surface area (TPSA) is 34.1 Å². The zero-order valence-corrected chi connectivity index (χ0v) is 8.64. The molecule has 2 rings (SSSR count). The Hall–Kier alpha value is -0.960. The molecule has 0 N–H and O–H groups in total. The van der Waals surface area contributed by atoms with Gasteiger partial charge in [-0.15, -0.1) is 0 Å². The van der Waals surface area contributed by atoms with Gasteiger partial charge in [-0.05, 0) is 24.6 Å². The molecule has 0 spiro atoms. The summed E-state index contributed by atoms with van der Waals surface area (Å²) < 4.78 is 0.884. The molecule has 0 fully saturated rings. The van der Waals surface area contributed by atoms with Crippen molar-refractivity contribution >= 4 is 27.5 Å². The molecule has 1 aliphatic rings. The number of ketones is 2. The van der Waals surface area contributed by atoms with E-state index in [9.17, 15) is 9.59 Å². The average Bonchev–Trinajstić information content (AvgIpc) is 2.31. The van der Waals surface area contributed by atoms with Crippen LogP contribution >= 0.6 is 15.9 Å². The lowest BCUT2D eigenvalue weighted by Gasteiger charge is -2.00. The standard InChI is InChI=1S/C10H7BrO2/c1-5-2-6-7(3-8(5)11)10(13)4-9(6)12/h2-3H,4H2,1H3. The fourth-order valence-electron chi connectivity index (χ4n) is 1.48. The van der Waals surface area contributed by atoms with E-state index in [0.29, 0.717) is 11.1 Å². The number of hydrogen-bond donors (Lipinski definition) is 0. The summed E-state index contributed by atoms with van der Waals surface area (Å²) in [5.74, 6) is -0.128. The van der Waals surface area contributed by atoms with E-state index in [2.05, 4.69) is 15.9 Å². The van der Waals surface area contributed by atoms with E-state index >= 15 is 0 Å². The van der Waals surface area contributed by atoms with Gasteiger partial charge in [0.25, 0.3) is 0 Å². The number of carbonyl (C=O) groups excluding carboxylic acids is 2. The average molecular weight is 239 g/mol. The number of hydrogen-bond acceptors (Lipinski definition) is 2. The quantitative estimate of drug-likeness (QED) is 0.652. The number of benzene rings is 1. The molecule has 0 aliphatic heterocycles. The van der Waals surface area contributed by atoms with Crippen LogP contribution in [0.3, 0.4) is 0 Å². The number of aryl methyl sites for hydroxylation is 1. The van der Waals surface area contributed by atoms with Gasteiger partial charge >= 0.3 is 0 Å². The third kappa shape index (κ3) is 1.23. The number of Topliss-reactive ketones (excluding diaryl/α,β-unsaturated/α-hetero) is 2. The summed E-state index contributed by atoms with van der Waals surface area (Å²) in [5, 5.41) is 0. The molecule has 13 heavy (non-hydrogen) atoms. The van der Waals surface area contributed by atoms with Crippen LogP contribution in [0.4, 0.5) is 0 Å². The lowest BCUT2D eigenvalue weighted by Crippen LogP contribution is -1.92. The normalized spacial score (nSPS) is 14.9. The van der Waals surface area contributed by atoms with E-state index in [1.54, 1.807) is 12.1 Å². The summed E-state index contributed by atoms with van der Waals surface area (Å²) in [6, 6.07) is 3.50. The zero-order valence-electron chi connectivity index (χ0n) is 7.06. The summed E-state index contributed by atoms with van der Waals surface area (Å²) >= 11 is 3.33. The predicted octanol–water partition coefficient (Wildman–Crippen LogP) is 2.53. The molecular formula is C10H7BrO2. The molecule has 0 saturated carbocycles. The van der Waals surface area contributed by atoms with Crippen LogP contribution in [0.2, 0.25) is 0 Å². The van der Waals surface area contributed by atoms with E-state index < -0.39 is 0 Å². The number of rotatable bonds is 0. The Kier molecular flexibility index (Phi) is 1.84. The highest BCUT2D eigenvalue weighted by Crippen LogP contribution is 2.27. The van der Waals surface area contributed by atoms with Gasteiger partial charge in [-0.25, -0.2) is 0 Å². The second-order valence-electron chi connectivity index (χ2n) is 3.17. The molecule has 0 unspecified atom stereocenters. The maximum Gasteiger partial charge on any atom is 0.171 e. The number of carbonyl (C=O) groups is 2. The highest BCUT2D eigenvalue weighted by atomic mass is 79.9. The molecule has 0 atom stereocenters. The summed E-state index contributed by atoms with van der Waals surface area (Å²) in [5.41, 5.74) is 2.12. The Morgan fingerprint density at radius 1 is 1.15 bits per heavy atom. The predicted molar refractivity (Wildman–Crippen MR) is 52.2 cm³/mol.